The van der Waals surface area contributed by atoms with Crippen LogP contribution in [0.5, 0.6) is 0 Å². The first-order valence-corrected chi connectivity index (χ1v) is 4.74. The van der Waals surface area contributed by atoms with Crippen LogP contribution in [0.3, 0.4) is 0 Å². The number of rotatable bonds is 1. The highest BCUT2D eigenvalue weighted by Crippen LogP contribution is 2.29. The molecule has 0 bridgehead atoms. The molecule has 0 fully saturated rings. The summed E-state index contributed by atoms with van der Waals surface area (Å²) in [5.41, 5.74) is 16.3. The number of nitrogens with zero attached hydrogens (tertiary/aromatic N) is 1. The van der Waals surface area contributed by atoms with E-state index in [2.05, 4.69) is 4.98 Å². The number of benzene rings is 1. The Balaban J connectivity index is 2.59. The lowest BCUT2D eigenvalue weighted by atomic mass is 10.0. The summed E-state index contributed by atoms with van der Waals surface area (Å²) in [5, 5.41) is 0. The van der Waals surface area contributed by atoms with Gasteiger partial charge < -0.3 is 11.5 Å². The molecular weight excluding hydrogens is 186 g/mol. The monoisotopic (exact) mass is 199 g/mol. The van der Waals surface area contributed by atoms with Crippen LogP contribution in [0.4, 0.5) is 11.4 Å². The standard InChI is InChI=1S/C12H13N3/c1-8-6-12(14)10(7-11(8)13)9-2-4-15-5-3-9/h2-7H,13-14H2,1H3. The molecule has 0 saturated heterocycles. The zero-order valence-electron chi connectivity index (χ0n) is 8.57. The number of hydrogen-bond donors (Lipinski definition) is 2. The van der Waals surface area contributed by atoms with Crippen LogP contribution < -0.4 is 11.5 Å². The van der Waals surface area contributed by atoms with Crippen LogP contribution in [-0.4, -0.2) is 4.98 Å². The number of anilines is 2. The average molecular weight is 199 g/mol. The highest BCUT2D eigenvalue weighted by Gasteiger charge is 2.04. The van der Waals surface area contributed by atoms with Crippen molar-refractivity contribution in [2.24, 2.45) is 0 Å². The Morgan fingerprint density at radius 2 is 1.67 bits per heavy atom. The molecule has 3 heteroatoms. The molecule has 0 radical (unpaired) electrons. The Morgan fingerprint density at radius 1 is 1.00 bits per heavy atom. The quantitative estimate of drug-likeness (QED) is 0.692. The lowest BCUT2D eigenvalue weighted by molar-refractivity contribution is 1.33. The Labute approximate surface area is 88.8 Å². The van der Waals surface area contributed by atoms with Crippen molar-refractivity contribution in [3.63, 3.8) is 0 Å². The Bertz CT molecular complexity index is 478. The second kappa shape index (κ2) is 3.61. The molecule has 1 aromatic heterocycles. The first-order valence-electron chi connectivity index (χ1n) is 4.74. The van der Waals surface area contributed by atoms with Crippen molar-refractivity contribution in [1.82, 2.24) is 4.98 Å². The molecule has 0 saturated carbocycles. The first kappa shape index (κ1) is 9.52. The maximum atomic E-state index is 5.95. The van der Waals surface area contributed by atoms with Gasteiger partial charge in [0.05, 0.1) is 0 Å². The minimum atomic E-state index is 0.743. The molecule has 1 aromatic carbocycles. The second-order valence-electron chi connectivity index (χ2n) is 3.53. The molecule has 0 aliphatic heterocycles. The van der Waals surface area contributed by atoms with Gasteiger partial charge in [-0.3, -0.25) is 4.98 Å². The third-order valence-electron chi connectivity index (χ3n) is 2.43. The minimum Gasteiger partial charge on any atom is -0.398 e. The van der Waals surface area contributed by atoms with E-state index in [1.54, 1.807) is 12.4 Å². The van der Waals surface area contributed by atoms with Crippen molar-refractivity contribution >= 4 is 11.4 Å². The van der Waals surface area contributed by atoms with Gasteiger partial charge >= 0.3 is 0 Å². The number of pyridine rings is 1. The van der Waals surface area contributed by atoms with Gasteiger partial charge in [-0.15, -0.1) is 0 Å². The molecular formula is C12H13N3. The van der Waals surface area contributed by atoms with Gasteiger partial charge in [-0.1, -0.05) is 0 Å². The molecule has 1 heterocycles. The second-order valence-corrected chi connectivity index (χ2v) is 3.53. The first-order chi connectivity index (χ1) is 7.18. The summed E-state index contributed by atoms with van der Waals surface area (Å²) in [6.45, 7) is 1.95. The van der Waals surface area contributed by atoms with Gasteiger partial charge in [0.25, 0.3) is 0 Å². The number of aryl methyl sites for hydroxylation is 1. The number of aromatic nitrogens is 1. The van der Waals surface area contributed by atoms with E-state index in [0.717, 1.165) is 28.1 Å². The summed E-state index contributed by atoms with van der Waals surface area (Å²) in [6.07, 6.45) is 3.48. The average Bonchev–Trinajstić information content (AvgIpc) is 2.25. The van der Waals surface area contributed by atoms with E-state index in [1.165, 1.54) is 0 Å². The van der Waals surface area contributed by atoms with Gasteiger partial charge in [0.15, 0.2) is 0 Å². The van der Waals surface area contributed by atoms with Gasteiger partial charge in [-0.2, -0.15) is 0 Å². The maximum absolute atomic E-state index is 5.95. The van der Waals surface area contributed by atoms with Crippen LogP contribution >= 0.6 is 0 Å². The Morgan fingerprint density at radius 3 is 2.33 bits per heavy atom. The lowest BCUT2D eigenvalue weighted by Gasteiger charge is -2.09. The number of nitrogen functional groups attached to an aromatic ring is 2. The third-order valence-corrected chi connectivity index (χ3v) is 2.43. The summed E-state index contributed by atoms with van der Waals surface area (Å²) in [6, 6.07) is 7.63. The summed E-state index contributed by atoms with van der Waals surface area (Å²) >= 11 is 0. The number of hydrogen-bond acceptors (Lipinski definition) is 3. The van der Waals surface area contributed by atoms with E-state index < -0.39 is 0 Å². The molecule has 3 nitrogen and oxygen atoms in total. The van der Waals surface area contributed by atoms with Gasteiger partial charge in [0, 0.05) is 29.3 Å². The van der Waals surface area contributed by atoms with E-state index in [1.807, 2.05) is 31.2 Å². The predicted molar refractivity (Wildman–Crippen MR) is 63.2 cm³/mol. The van der Waals surface area contributed by atoms with Crippen molar-refractivity contribution in [2.45, 2.75) is 6.92 Å². The van der Waals surface area contributed by atoms with Crippen LogP contribution in [0.2, 0.25) is 0 Å². The van der Waals surface area contributed by atoms with Crippen LogP contribution in [0.1, 0.15) is 5.56 Å². The molecule has 2 aromatic rings. The smallest absolute Gasteiger partial charge is 0.0397 e. The van der Waals surface area contributed by atoms with Gasteiger partial charge in [0.2, 0.25) is 0 Å². The fourth-order valence-electron chi connectivity index (χ4n) is 1.53. The molecule has 0 aliphatic rings. The van der Waals surface area contributed by atoms with Crippen molar-refractivity contribution in [3.8, 4) is 11.1 Å². The normalized spacial score (nSPS) is 10.2. The van der Waals surface area contributed by atoms with Crippen LogP contribution in [0.25, 0.3) is 11.1 Å². The van der Waals surface area contributed by atoms with Crippen molar-refractivity contribution in [2.75, 3.05) is 11.5 Å². The molecule has 0 atom stereocenters. The van der Waals surface area contributed by atoms with Crippen molar-refractivity contribution in [3.05, 3.63) is 42.2 Å². The Hall–Kier alpha value is -2.03. The van der Waals surface area contributed by atoms with Crippen LogP contribution in [-0.2, 0) is 0 Å². The fraction of sp³-hybridized carbons (Fsp3) is 0.0833. The fourth-order valence-corrected chi connectivity index (χ4v) is 1.53. The maximum Gasteiger partial charge on any atom is 0.0397 e. The summed E-state index contributed by atoms with van der Waals surface area (Å²) in [7, 11) is 0. The van der Waals surface area contributed by atoms with E-state index in [0.29, 0.717) is 0 Å². The molecule has 2 rings (SSSR count). The largest absolute Gasteiger partial charge is 0.398 e. The topological polar surface area (TPSA) is 64.9 Å². The molecule has 76 valence electrons. The summed E-state index contributed by atoms with van der Waals surface area (Å²) < 4.78 is 0. The molecule has 0 aliphatic carbocycles. The highest BCUT2D eigenvalue weighted by molar-refractivity contribution is 5.80. The summed E-state index contributed by atoms with van der Waals surface area (Å²) in [4.78, 5) is 3.97. The molecule has 15 heavy (non-hydrogen) atoms. The van der Waals surface area contributed by atoms with Gasteiger partial charge in [-0.05, 0) is 42.3 Å². The minimum absolute atomic E-state index is 0.743. The molecule has 4 N–H and O–H groups in total. The van der Waals surface area contributed by atoms with Gasteiger partial charge in [-0.25, -0.2) is 0 Å². The highest BCUT2D eigenvalue weighted by atomic mass is 14.6. The summed E-state index contributed by atoms with van der Waals surface area (Å²) in [5.74, 6) is 0. The van der Waals surface area contributed by atoms with E-state index in [9.17, 15) is 0 Å². The zero-order chi connectivity index (χ0) is 10.8. The van der Waals surface area contributed by atoms with E-state index >= 15 is 0 Å². The van der Waals surface area contributed by atoms with Crippen LogP contribution in [0, 0.1) is 6.92 Å². The number of nitrogens with two attached hydrogens (primary N) is 2. The predicted octanol–water partition coefficient (Wildman–Crippen LogP) is 2.22. The van der Waals surface area contributed by atoms with Crippen molar-refractivity contribution < 1.29 is 0 Å². The third kappa shape index (κ3) is 1.76. The molecule has 0 unspecified atom stereocenters. The SMILES string of the molecule is Cc1cc(N)c(-c2ccncc2)cc1N. The zero-order valence-corrected chi connectivity index (χ0v) is 8.57. The molecule has 0 amide bonds. The Kier molecular flexibility index (Phi) is 2.29. The molecule has 0 spiro atoms. The van der Waals surface area contributed by atoms with Crippen molar-refractivity contribution in [1.29, 1.82) is 0 Å². The van der Waals surface area contributed by atoms with E-state index in [4.69, 9.17) is 11.5 Å². The van der Waals surface area contributed by atoms with Gasteiger partial charge in [0.1, 0.15) is 0 Å². The van der Waals surface area contributed by atoms with Crippen LogP contribution in [0.15, 0.2) is 36.7 Å². The van der Waals surface area contributed by atoms with E-state index in [-0.39, 0.29) is 0 Å². The lowest BCUT2D eigenvalue weighted by Crippen LogP contribution is -1.96.